The highest BCUT2D eigenvalue weighted by molar-refractivity contribution is 5.63. The summed E-state index contributed by atoms with van der Waals surface area (Å²) < 4.78 is 5.04. The SMILES string of the molecule is COCCNc1nc(C)cc(Nc2ccccc2C(C)(C)C)n1. The fraction of sp³-hybridized carbons (Fsp3) is 0.444. The molecule has 2 aromatic rings. The van der Waals surface area contributed by atoms with Crippen LogP contribution >= 0.6 is 0 Å². The summed E-state index contributed by atoms with van der Waals surface area (Å²) in [5, 5.41) is 6.60. The lowest BCUT2D eigenvalue weighted by molar-refractivity contribution is 0.210. The number of benzene rings is 1. The van der Waals surface area contributed by atoms with E-state index in [0.29, 0.717) is 19.1 Å². The summed E-state index contributed by atoms with van der Waals surface area (Å²) in [5.74, 6) is 1.40. The third-order valence-electron chi connectivity index (χ3n) is 3.44. The van der Waals surface area contributed by atoms with Crippen LogP contribution in [-0.2, 0) is 10.2 Å². The molecule has 0 bridgehead atoms. The van der Waals surface area contributed by atoms with Gasteiger partial charge in [0.05, 0.1) is 6.61 Å². The molecular weight excluding hydrogens is 288 g/mol. The molecule has 1 aromatic heterocycles. The van der Waals surface area contributed by atoms with Gasteiger partial charge < -0.3 is 15.4 Å². The summed E-state index contributed by atoms with van der Waals surface area (Å²) in [5.41, 5.74) is 3.30. The fourth-order valence-electron chi connectivity index (χ4n) is 2.36. The number of ether oxygens (including phenoxy) is 1. The number of methoxy groups -OCH3 is 1. The van der Waals surface area contributed by atoms with Crippen molar-refractivity contribution in [1.29, 1.82) is 0 Å². The van der Waals surface area contributed by atoms with Gasteiger partial charge in [-0.15, -0.1) is 0 Å². The Balaban J connectivity index is 2.24. The van der Waals surface area contributed by atoms with Gasteiger partial charge in [0.2, 0.25) is 5.95 Å². The zero-order valence-electron chi connectivity index (χ0n) is 14.6. The van der Waals surface area contributed by atoms with E-state index in [1.165, 1.54) is 5.56 Å². The van der Waals surface area contributed by atoms with Crippen LogP contribution in [0.5, 0.6) is 0 Å². The molecular formula is C18H26N4O. The molecule has 0 amide bonds. The van der Waals surface area contributed by atoms with Gasteiger partial charge in [0, 0.05) is 31.1 Å². The molecule has 0 aliphatic heterocycles. The highest BCUT2D eigenvalue weighted by Gasteiger charge is 2.17. The van der Waals surface area contributed by atoms with E-state index >= 15 is 0 Å². The van der Waals surface area contributed by atoms with E-state index in [4.69, 9.17) is 4.74 Å². The number of nitrogens with zero attached hydrogens (tertiary/aromatic N) is 2. The molecule has 0 spiro atoms. The number of anilines is 3. The standard InChI is InChI=1S/C18H26N4O/c1-13-12-16(22-17(20-13)19-10-11-23-5)21-15-9-7-6-8-14(15)18(2,3)4/h6-9,12H,10-11H2,1-5H3,(H2,19,20,21,22). The highest BCUT2D eigenvalue weighted by Crippen LogP contribution is 2.31. The molecule has 1 aromatic carbocycles. The molecule has 0 saturated carbocycles. The largest absolute Gasteiger partial charge is 0.383 e. The van der Waals surface area contributed by atoms with Crippen LogP contribution in [0.15, 0.2) is 30.3 Å². The first-order chi connectivity index (χ1) is 10.9. The normalized spacial score (nSPS) is 11.3. The summed E-state index contributed by atoms with van der Waals surface area (Å²) in [6, 6.07) is 10.3. The maximum Gasteiger partial charge on any atom is 0.224 e. The Labute approximate surface area is 138 Å². The second-order valence-corrected chi connectivity index (χ2v) is 6.56. The van der Waals surface area contributed by atoms with Crippen molar-refractivity contribution in [3.8, 4) is 0 Å². The summed E-state index contributed by atoms with van der Waals surface area (Å²) in [6.45, 7) is 9.87. The van der Waals surface area contributed by atoms with Crippen molar-refractivity contribution in [1.82, 2.24) is 9.97 Å². The number of aryl methyl sites for hydroxylation is 1. The van der Waals surface area contributed by atoms with Crippen molar-refractivity contribution in [2.75, 3.05) is 30.9 Å². The second-order valence-electron chi connectivity index (χ2n) is 6.56. The van der Waals surface area contributed by atoms with E-state index in [1.807, 2.05) is 19.1 Å². The molecule has 5 heteroatoms. The van der Waals surface area contributed by atoms with Gasteiger partial charge >= 0.3 is 0 Å². The molecule has 0 fully saturated rings. The lowest BCUT2D eigenvalue weighted by Crippen LogP contribution is -2.14. The van der Waals surface area contributed by atoms with Crippen molar-refractivity contribution in [3.05, 3.63) is 41.6 Å². The van der Waals surface area contributed by atoms with Crippen LogP contribution < -0.4 is 10.6 Å². The average molecular weight is 314 g/mol. The van der Waals surface area contributed by atoms with E-state index in [9.17, 15) is 0 Å². The lowest BCUT2D eigenvalue weighted by atomic mass is 9.86. The van der Waals surface area contributed by atoms with Crippen molar-refractivity contribution in [2.24, 2.45) is 0 Å². The van der Waals surface area contributed by atoms with Crippen LogP contribution in [0, 0.1) is 6.92 Å². The summed E-state index contributed by atoms with van der Waals surface area (Å²) in [7, 11) is 1.68. The first kappa shape index (κ1) is 17.2. The van der Waals surface area contributed by atoms with Crippen LogP contribution in [0.4, 0.5) is 17.5 Å². The number of hydrogen-bond donors (Lipinski definition) is 2. The van der Waals surface area contributed by atoms with Crippen molar-refractivity contribution in [2.45, 2.75) is 33.1 Å². The molecule has 0 radical (unpaired) electrons. The monoisotopic (exact) mass is 314 g/mol. The number of para-hydroxylation sites is 1. The van der Waals surface area contributed by atoms with E-state index in [1.54, 1.807) is 7.11 Å². The van der Waals surface area contributed by atoms with E-state index in [-0.39, 0.29) is 5.41 Å². The molecule has 1 heterocycles. The maximum absolute atomic E-state index is 5.04. The number of rotatable bonds is 6. The van der Waals surface area contributed by atoms with Gasteiger partial charge in [0.1, 0.15) is 5.82 Å². The van der Waals surface area contributed by atoms with Gasteiger partial charge in [-0.1, -0.05) is 39.0 Å². The number of hydrogen-bond acceptors (Lipinski definition) is 5. The quantitative estimate of drug-likeness (QED) is 0.792. The van der Waals surface area contributed by atoms with Crippen LogP contribution in [0.25, 0.3) is 0 Å². The van der Waals surface area contributed by atoms with Gasteiger partial charge in [0.15, 0.2) is 0 Å². The Morgan fingerprint density at radius 2 is 1.87 bits per heavy atom. The van der Waals surface area contributed by atoms with Gasteiger partial charge in [-0.25, -0.2) is 4.98 Å². The minimum atomic E-state index is 0.0607. The molecule has 2 N–H and O–H groups in total. The Kier molecular flexibility index (Phi) is 5.55. The fourth-order valence-corrected chi connectivity index (χ4v) is 2.36. The number of nitrogens with one attached hydrogen (secondary N) is 2. The van der Waals surface area contributed by atoms with Gasteiger partial charge in [0.25, 0.3) is 0 Å². The first-order valence-electron chi connectivity index (χ1n) is 7.85. The Morgan fingerprint density at radius 1 is 1.13 bits per heavy atom. The zero-order valence-corrected chi connectivity index (χ0v) is 14.6. The predicted octanol–water partition coefficient (Wildman–Crippen LogP) is 3.88. The molecule has 0 saturated heterocycles. The maximum atomic E-state index is 5.04. The van der Waals surface area contributed by atoms with Gasteiger partial charge in [-0.2, -0.15) is 4.98 Å². The third kappa shape index (κ3) is 4.93. The number of aromatic nitrogens is 2. The van der Waals surface area contributed by atoms with E-state index in [2.05, 4.69) is 59.6 Å². The molecule has 2 rings (SSSR count). The predicted molar refractivity (Wildman–Crippen MR) is 95.6 cm³/mol. The van der Waals surface area contributed by atoms with E-state index < -0.39 is 0 Å². The lowest BCUT2D eigenvalue weighted by Gasteiger charge is -2.23. The molecule has 5 nitrogen and oxygen atoms in total. The molecule has 0 unspecified atom stereocenters. The second kappa shape index (κ2) is 7.42. The molecule has 0 aliphatic carbocycles. The van der Waals surface area contributed by atoms with Crippen molar-refractivity contribution >= 4 is 17.5 Å². The van der Waals surface area contributed by atoms with Gasteiger partial charge in [-0.3, -0.25) is 0 Å². The third-order valence-corrected chi connectivity index (χ3v) is 3.44. The summed E-state index contributed by atoms with van der Waals surface area (Å²) in [4.78, 5) is 8.94. The average Bonchev–Trinajstić information content (AvgIpc) is 2.46. The minimum Gasteiger partial charge on any atom is -0.383 e. The van der Waals surface area contributed by atoms with Crippen LogP contribution in [0.2, 0.25) is 0 Å². The van der Waals surface area contributed by atoms with Crippen LogP contribution in [0.3, 0.4) is 0 Å². The van der Waals surface area contributed by atoms with Gasteiger partial charge in [-0.05, 0) is 24.0 Å². The molecule has 0 aliphatic rings. The smallest absolute Gasteiger partial charge is 0.224 e. The summed E-state index contributed by atoms with van der Waals surface area (Å²) >= 11 is 0. The Bertz CT molecular complexity index is 650. The van der Waals surface area contributed by atoms with E-state index in [0.717, 1.165) is 17.2 Å². The van der Waals surface area contributed by atoms with Crippen LogP contribution in [-0.4, -0.2) is 30.2 Å². The zero-order chi connectivity index (χ0) is 16.9. The first-order valence-corrected chi connectivity index (χ1v) is 7.85. The topological polar surface area (TPSA) is 59.1 Å². The summed E-state index contributed by atoms with van der Waals surface area (Å²) in [6.07, 6.45) is 0. The van der Waals surface area contributed by atoms with Crippen LogP contribution in [0.1, 0.15) is 32.0 Å². The Hall–Kier alpha value is -2.14. The van der Waals surface area contributed by atoms with Crippen molar-refractivity contribution < 1.29 is 4.74 Å². The minimum absolute atomic E-state index is 0.0607. The molecule has 0 atom stereocenters. The Morgan fingerprint density at radius 3 is 2.57 bits per heavy atom. The molecule has 124 valence electrons. The molecule has 23 heavy (non-hydrogen) atoms. The van der Waals surface area contributed by atoms with Crippen molar-refractivity contribution in [3.63, 3.8) is 0 Å². The highest BCUT2D eigenvalue weighted by atomic mass is 16.5.